The Bertz CT molecular complexity index is 1130. The summed E-state index contributed by atoms with van der Waals surface area (Å²) in [7, 11) is 1.74. The second-order valence-corrected chi connectivity index (χ2v) is 10.8. The number of rotatable bonds is 7. The first-order valence-corrected chi connectivity index (χ1v) is 13.6. The average molecular weight is 510 g/mol. The summed E-state index contributed by atoms with van der Waals surface area (Å²) < 4.78 is 12.7. The fraction of sp³-hybridized carbons (Fsp3) is 0.643. The van der Waals surface area contributed by atoms with Crippen molar-refractivity contribution in [2.75, 3.05) is 46.6 Å². The Kier molecular flexibility index (Phi) is 7.74. The molecule has 0 saturated carbocycles. The molecule has 2 amide bonds. The molecule has 0 radical (unpaired) electrons. The van der Waals surface area contributed by atoms with E-state index in [1.807, 2.05) is 28.7 Å². The quantitative estimate of drug-likeness (QED) is 0.525. The Balaban J connectivity index is 1.38. The van der Waals surface area contributed by atoms with Gasteiger partial charge in [-0.2, -0.15) is 5.10 Å². The highest BCUT2D eigenvalue weighted by Crippen LogP contribution is 2.37. The molecular weight excluding hydrogens is 470 g/mol. The van der Waals surface area contributed by atoms with Crippen molar-refractivity contribution in [1.82, 2.24) is 19.6 Å². The summed E-state index contributed by atoms with van der Waals surface area (Å²) in [4.78, 5) is 35.7. The molecule has 4 aliphatic rings. The molecule has 1 aromatic heterocycles. The van der Waals surface area contributed by atoms with Crippen molar-refractivity contribution in [2.45, 2.75) is 64.6 Å². The number of carbonyl (C=O) groups is 2. The molecule has 2 fully saturated rings. The van der Waals surface area contributed by atoms with Gasteiger partial charge in [0, 0.05) is 57.7 Å². The minimum absolute atomic E-state index is 0.120. The molecular formula is C28H39N5O4. The van der Waals surface area contributed by atoms with Crippen LogP contribution in [0.3, 0.4) is 0 Å². The first-order chi connectivity index (χ1) is 17.9. The number of allylic oxidation sites excluding steroid dienone is 2. The molecule has 9 heteroatoms. The molecule has 37 heavy (non-hydrogen) atoms. The molecule has 1 unspecified atom stereocenters. The maximum atomic E-state index is 14.0. The van der Waals surface area contributed by atoms with E-state index >= 15 is 0 Å². The van der Waals surface area contributed by atoms with Crippen LogP contribution in [0.25, 0.3) is 5.57 Å². The lowest BCUT2D eigenvalue weighted by molar-refractivity contribution is -0.139. The second-order valence-electron chi connectivity index (χ2n) is 10.8. The monoisotopic (exact) mass is 509 g/mol. The molecule has 1 aliphatic carbocycles. The van der Waals surface area contributed by atoms with Gasteiger partial charge in [0.1, 0.15) is 0 Å². The number of hydrogen-bond acceptors (Lipinski definition) is 6. The van der Waals surface area contributed by atoms with E-state index in [0.29, 0.717) is 37.1 Å². The number of carbonyl (C=O) groups excluding carboxylic acids is 2. The Labute approximate surface area is 219 Å². The van der Waals surface area contributed by atoms with E-state index in [4.69, 9.17) is 9.47 Å². The van der Waals surface area contributed by atoms with Crippen molar-refractivity contribution in [3.05, 3.63) is 35.2 Å². The zero-order valence-electron chi connectivity index (χ0n) is 22.5. The van der Waals surface area contributed by atoms with Crippen molar-refractivity contribution in [3.8, 4) is 0 Å². The smallest absolute Gasteiger partial charge is 0.281 e. The third-order valence-corrected chi connectivity index (χ3v) is 8.21. The number of piperazine rings is 1. The van der Waals surface area contributed by atoms with Crippen molar-refractivity contribution >= 4 is 23.1 Å². The van der Waals surface area contributed by atoms with Crippen LogP contribution in [0.5, 0.6) is 0 Å². The summed E-state index contributed by atoms with van der Waals surface area (Å²) in [6.45, 7) is 11.1. The molecule has 0 spiro atoms. The van der Waals surface area contributed by atoms with Gasteiger partial charge in [0.25, 0.3) is 5.91 Å². The highest BCUT2D eigenvalue weighted by Gasteiger charge is 2.39. The van der Waals surface area contributed by atoms with Gasteiger partial charge in [0.2, 0.25) is 5.91 Å². The normalized spacial score (nSPS) is 26.8. The minimum Gasteiger partial charge on any atom is -0.385 e. The Hall–Kier alpha value is -2.62. The lowest BCUT2D eigenvalue weighted by Gasteiger charge is -2.45. The Morgan fingerprint density at radius 2 is 1.95 bits per heavy atom. The van der Waals surface area contributed by atoms with Crippen molar-refractivity contribution in [1.29, 1.82) is 0 Å². The van der Waals surface area contributed by atoms with Crippen LogP contribution in [0.4, 0.5) is 0 Å². The molecule has 0 aromatic carbocycles. The van der Waals surface area contributed by atoms with Gasteiger partial charge in [-0.05, 0) is 59.1 Å². The van der Waals surface area contributed by atoms with E-state index in [2.05, 4.69) is 28.8 Å². The number of aromatic nitrogens is 2. The van der Waals surface area contributed by atoms with E-state index in [9.17, 15) is 9.59 Å². The van der Waals surface area contributed by atoms with E-state index in [0.717, 1.165) is 62.2 Å². The number of amides is 2. The Morgan fingerprint density at radius 1 is 1.16 bits per heavy atom. The van der Waals surface area contributed by atoms with Crippen molar-refractivity contribution in [3.63, 3.8) is 0 Å². The van der Waals surface area contributed by atoms with Crippen molar-refractivity contribution in [2.24, 2.45) is 10.9 Å². The van der Waals surface area contributed by atoms with Crippen LogP contribution < -0.4 is 0 Å². The van der Waals surface area contributed by atoms with Crippen LogP contribution >= 0.6 is 0 Å². The fourth-order valence-electron chi connectivity index (χ4n) is 6.05. The lowest BCUT2D eigenvalue weighted by atomic mass is 9.84. The first-order valence-electron chi connectivity index (χ1n) is 13.6. The summed E-state index contributed by atoms with van der Waals surface area (Å²) in [5.41, 5.74) is 3.72. The zero-order valence-corrected chi connectivity index (χ0v) is 22.5. The van der Waals surface area contributed by atoms with E-state index < -0.39 is 0 Å². The van der Waals surface area contributed by atoms with Crippen molar-refractivity contribution < 1.29 is 19.1 Å². The number of unbranched alkanes of at least 4 members (excludes halogenated alkanes) is 1. The summed E-state index contributed by atoms with van der Waals surface area (Å²) in [5.74, 6) is -0.524. The molecule has 2 saturated heterocycles. The molecule has 4 heterocycles. The molecule has 3 atom stereocenters. The summed E-state index contributed by atoms with van der Waals surface area (Å²) in [5, 5.41) is 4.60. The molecule has 1 aromatic rings. The van der Waals surface area contributed by atoms with E-state index in [-0.39, 0.29) is 29.8 Å². The SMILES string of the molecule is COCCCCN1C[C@H](C)N(C(=O)C2C=C3C(=NC(=O)c4cnn(C5CCOCC5)c43)C=C2C)C[C@H]1C. The van der Waals surface area contributed by atoms with Gasteiger partial charge in [0.05, 0.1) is 35.1 Å². The summed E-state index contributed by atoms with van der Waals surface area (Å²) >= 11 is 0. The third kappa shape index (κ3) is 5.09. The number of fused-ring (bicyclic) bond motifs is 3. The number of hydrogen-bond donors (Lipinski definition) is 0. The fourth-order valence-corrected chi connectivity index (χ4v) is 6.05. The highest BCUT2D eigenvalue weighted by molar-refractivity contribution is 6.36. The van der Waals surface area contributed by atoms with Crippen LogP contribution in [0.15, 0.2) is 28.9 Å². The molecule has 3 aliphatic heterocycles. The molecule has 9 nitrogen and oxygen atoms in total. The van der Waals surface area contributed by atoms with Crippen LogP contribution in [0.1, 0.15) is 68.5 Å². The van der Waals surface area contributed by atoms with Crippen LogP contribution in [0, 0.1) is 5.92 Å². The topological polar surface area (TPSA) is 89.3 Å². The van der Waals surface area contributed by atoms with Gasteiger partial charge in [-0.3, -0.25) is 19.2 Å². The van der Waals surface area contributed by atoms with Gasteiger partial charge in [-0.1, -0.05) is 11.6 Å². The van der Waals surface area contributed by atoms with E-state index in [1.165, 1.54) is 0 Å². The number of ether oxygens (including phenoxy) is 2. The second kappa shape index (κ2) is 11.0. The summed E-state index contributed by atoms with van der Waals surface area (Å²) in [6.07, 6.45) is 9.42. The maximum Gasteiger partial charge on any atom is 0.281 e. The molecule has 5 rings (SSSR count). The zero-order chi connectivity index (χ0) is 26.1. The predicted molar refractivity (Wildman–Crippen MR) is 142 cm³/mol. The molecule has 0 bridgehead atoms. The molecule has 0 N–H and O–H groups in total. The average Bonchev–Trinajstić information content (AvgIpc) is 3.34. The first kappa shape index (κ1) is 26.0. The van der Waals surface area contributed by atoms with Gasteiger partial charge < -0.3 is 14.4 Å². The van der Waals surface area contributed by atoms with E-state index in [1.54, 1.807) is 13.3 Å². The van der Waals surface area contributed by atoms with Crippen LogP contribution in [-0.4, -0.2) is 95.8 Å². The van der Waals surface area contributed by atoms with Gasteiger partial charge in [-0.15, -0.1) is 0 Å². The number of aliphatic imine (C=N–C) groups is 1. The number of nitrogens with zero attached hydrogens (tertiary/aromatic N) is 5. The van der Waals surface area contributed by atoms with Gasteiger partial charge in [0.15, 0.2) is 0 Å². The third-order valence-electron chi connectivity index (χ3n) is 8.21. The lowest BCUT2D eigenvalue weighted by Crippen LogP contribution is -2.59. The number of methoxy groups -OCH3 is 1. The minimum atomic E-state index is -0.379. The van der Waals surface area contributed by atoms with Gasteiger partial charge in [-0.25, -0.2) is 4.99 Å². The van der Waals surface area contributed by atoms with Crippen LogP contribution in [0.2, 0.25) is 0 Å². The largest absolute Gasteiger partial charge is 0.385 e. The highest BCUT2D eigenvalue weighted by atomic mass is 16.5. The maximum absolute atomic E-state index is 14.0. The van der Waals surface area contributed by atoms with Gasteiger partial charge >= 0.3 is 0 Å². The predicted octanol–water partition coefficient (Wildman–Crippen LogP) is 3.14. The molecule has 200 valence electrons. The standard InChI is InChI=1S/C28H39N5O4/c1-18-13-25-23(26-24(27(34)30-25)15-29-33(26)21-7-11-37-12-8-21)14-22(18)28(35)32-17-19(2)31(16-20(32)3)9-5-6-10-36-4/h13-15,19-22H,5-12,16-17H2,1-4H3/t19-,20+,22?/m1/s1. The van der Waals surface area contributed by atoms with Crippen LogP contribution in [-0.2, 0) is 14.3 Å². The Morgan fingerprint density at radius 3 is 2.70 bits per heavy atom. The summed E-state index contributed by atoms with van der Waals surface area (Å²) in [6, 6.07) is 0.599.